The van der Waals surface area contributed by atoms with Crippen molar-refractivity contribution in [2.75, 3.05) is 0 Å². The average molecular weight is 195 g/mol. The van der Waals surface area contributed by atoms with Crippen LogP contribution < -0.4 is 5.32 Å². The van der Waals surface area contributed by atoms with Crippen molar-refractivity contribution in [3.63, 3.8) is 0 Å². The summed E-state index contributed by atoms with van der Waals surface area (Å²) in [7, 11) is 0. The molecule has 0 heterocycles. The predicted octanol–water partition coefficient (Wildman–Crippen LogP) is 1.27. The van der Waals surface area contributed by atoms with Gasteiger partial charge in [0.1, 0.15) is 0 Å². The number of hydrogen-bond acceptors (Lipinski definition) is 2. The van der Waals surface area contributed by atoms with Crippen molar-refractivity contribution in [3.05, 3.63) is 0 Å². The molecule has 2 aliphatic carbocycles. The van der Waals surface area contributed by atoms with E-state index in [9.17, 15) is 9.59 Å². The standard InChI is InChI=1S/C11H17NO2/c1-7(13)12-11-5-4-8(6-11)10(2,3)9(11)14/h8H,4-6H2,1-3H3,(H,12,13)/t8-,11-/m0/s1. The zero-order valence-corrected chi connectivity index (χ0v) is 9.02. The molecule has 2 saturated carbocycles. The molecule has 3 nitrogen and oxygen atoms in total. The van der Waals surface area contributed by atoms with E-state index in [1.165, 1.54) is 6.92 Å². The Morgan fingerprint density at radius 1 is 1.50 bits per heavy atom. The first-order valence-corrected chi connectivity index (χ1v) is 5.22. The Morgan fingerprint density at radius 2 is 2.14 bits per heavy atom. The van der Waals surface area contributed by atoms with Gasteiger partial charge < -0.3 is 5.32 Å². The quantitative estimate of drug-likeness (QED) is 0.685. The van der Waals surface area contributed by atoms with Gasteiger partial charge in [-0.2, -0.15) is 0 Å². The number of fused-ring (bicyclic) bond motifs is 2. The molecular formula is C11H17NO2. The van der Waals surface area contributed by atoms with Crippen molar-refractivity contribution in [2.45, 2.75) is 45.6 Å². The number of hydrogen-bond donors (Lipinski definition) is 1. The molecule has 1 amide bonds. The molecule has 14 heavy (non-hydrogen) atoms. The van der Waals surface area contributed by atoms with Crippen molar-refractivity contribution < 1.29 is 9.59 Å². The largest absolute Gasteiger partial charge is 0.344 e. The molecule has 2 bridgehead atoms. The number of nitrogens with one attached hydrogen (secondary N) is 1. The molecule has 78 valence electrons. The summed E-state index contributed by atoms with van der Waals surface area (Å²) in [4.78, 5) is 23.2. The fraction of sp³-hybridized carbons (Fsp3) is 0.818. The number of amides is 1. The SMILES string of the molecule is CC(=O)N[C@@]12CC[C@@H](C1)C(C)(C)C2=O. The highest BCUT2D eigenvalue weighted by Crippen LogP contribution is 2.55. The molecule has 2 fully saturated rings. The average Bonchev–Trinajstić information content (AvgIpc) is 2.52. The van der Waals surface area contributed by atoms with Gasteiger partial charge in [0.05, 0.1) is 5.54 Å². The van der Waals surface area contributed by atoms with E-state index in [0.29, 0.717) is 5.92 Å². The zero-order chi connectivity index (χ0) is 10.6. The summed E-state index contributed by atoms with van der Waals surface area (Å²) in [5.74, 6) is 0.606. The molecule has 0 saturated heterocycles. The van der Waals surface area contributed by atoms with E-state index in [2.05, 4.69) is 5.32 Å². The van der Waals surface area contributed by atoms with Gasteiger partial charge in [-0.25, -0.2) is 0 Å². The van der Waals surface area contributed by atoms with Crippen LogP contribution in [0.5, 0.6) is 0 Å². The van der Waals surface area contributed by atoms with E-state index in [4.69, 9.17) is 0 Å². The van der Waals surface area contributed by atoms with Crippen LogP contribution in [0.1, 0.15) is 40.0 Å². The third-order valence-electron chi connectivity index (χ3n) is 3.97. The fourth-order valence-corrected chi connectivity index (χ4v) is 3.18. The molecule has 2 aliphatic rings. The smallest absolute Gasteiger partial charge is 0.217 e. The first kappa shape index (κ1) is 9.69. The Labute approximate surface area is 84.2 Å². The van der Waals surface area contributed by atoms with E-state index in [1.807, 2.05) is 13.8 Å². The minimum atomic E-state index is -0.514. The van der Waals surface area contributed by atoms with Crippen LogP contribution in [-0.4, -0.2) is 17.2 Å². The molecule has 0 unspecified atom stereocenters. The Balaban J connectivity index is 2.30. The summed E-state index contributed by atoms with van der Waals surface area (Å²) >= 11 is 0. The van der Waals surface area contributed by atoms with Gasteiger partial charge in [0.2, 0.25) is 5.91 Å². The lowest BCUT2D eigenvalue weighted by atomic mass is 9.74. The van der Waals surface area contributed by atoms with Crippen LogP contribution in [0.4, 0.5) is 0 Å². The van der Waals surface area contributed by atoms with Gasteiger partial charge in [-0.1, -0.05) is 13.8 Å². The molecule has 0 radical (unpaired) electrons. The van der Waals surface area contributed by atoms with E-state index < -0.39 is 5.54 Å². The van der Waals surface area contributed by atoms with Crippen LogP contribution in [-0.2, 0) is 9.59 Å². The van der Waals surface area contributed by atoms with Crippen LogP contribution in [0.2, 0.25) is 0 Å². The summed E-state index contributed by atoms with van der Waals surface area (Å²) in [5, 5.41) is 2.86. The lowest BCUT2D eigenvalue weighted by molar-refractivity contribution is -0.136. The van der Waals surface area contributed by atoms with Crippen molar-refractivity contribution in [2.24, 2.45) is 11.3 Å². The van der Waals surface area contributed by atoms with Crippen LogP contribution in [0, 0.1) is 11.3 Å². The third-order valence-corrected chi connectivity index (χ3v) is 3.97. The lowest BCUT2D eigenvalue weighted by Gasteiger charge is -2.33. The van der Waals surface area contributed by atoms with Gasteiger partial charge >= 0.3 is 0 Å². The van der Waals surface area contributed by atoms with Crippen molar-refractivity contribution in [3.8, 4) is 0 Å². The Morgan fingerprint density at radius 3 is 2.57 bits per heavy atom. The zero-order valence-electron chi connectivity index (χ0n) is 9.02. The maximum Gasteiger partial charge on any atom is 0.217 e. The minimum Gasteiger partial charge on any atom is -0.344 e. The van der Waals surface area contributed by atoms with Gasteiger partial charge in [0, 0.05) is 12.3 Å². The maximum absolute atomic E-state index is 12.1. The topological polar surface area (TPSA) is 46.2 Å². The van der Waals surface area contributed by atoms with Gasteiger partial charge in [0.25, 0.3) is 0 Å². The number of Topliss-reactive ketones (excluding diaryl/α,β-unsaturated/α-hetero) is 1. The number of ketones is 1. The molecule has 2 rings (SSSR count). The molecule has 0 aromatic heterocycles. The fourth-order valence-electron chi connectivity index (χ4n) is 3.18. The van der Waals surface area contributed by atoms with E-state index in [-0.39, 0.29) is 17.1 Å². The van der Waals surface area contributed by atoms with E-state index in [1.54, 1.807) is 0 Å². The Kier molecular flexibility index (Phi) is 1.79. The highest BCUT2D eigenvalue weighted by atomic mass is 16.2. The number of rotatable bonds is 1. The molecule has 2 atom stereocenters. The first-order valence-electron chi connectivity index (χ1n) is 5.22. The molecular weight excluding hydrogens is 178 g/mol. The molecule has 3 heteroatoms. The highest BCUT2D eigenvalue weighted by Gasteiger charge is 2.61. The molecule has 0 aromatic carbocycles. The molecule has 0 aromatic rings. The molecule has 1 N–H and O–H groups in total. The number of carbonyl (C=O) groups is 2. The van der Waals surface area contributed by atoms with E-state index >= 15 is 0 Å². The lowest BCUT2D eigenvalue weighted by Crippen LogP contribution is -2.53. The maximum atomic E-state index is 12.1. The summed E-state index contributed by atoms with van der Waals surface area (Å²) in [5.41, 5.74) is -0.749. The van der Waals surface area contributed by atoms with Gasteiger partial charge in [0.15, 0.2) is 5.78 Å². The monoisotopic (exact) mass is 195 g/mol. The van der Waals surface area contributed by atoms with Gasteiger partial charge in [-0.05, 0) is 25.2 Å². The summed E-state index contributed by atoms with van der Waals surface area (Å²) in [6, 6.07) is 0. The second-order valence-corrected chi connectivity index (χ2v) is 5.25. The normalized spacial score (nSPS) is 38.8. The molecule has 0 spiro atoms. The second-order valence-electron chi connectivity index (χ2n) is 5.25. The first-order chi connectivity index (χ1) is 6.38. The third kappa shape index (κ3) is 1.04. The second kappa shape index (κ2) is 2.59. The van der Waals surface area contributed by atoms with Gasteiger partial charge in [-0.15, -0.1) is 0 Å². The van der Waals surface area contributed by atoms with Crippen LogP contribution >= 0.6 is 0 Å². The molecule has 0 aliphatic heterocycles. The number of carbonyl (C=O) groups excluding carboxylic acids is 2. The minimum absolute atomic E-state index is 0.0864. The Bertz CT molecular complexity index is 308. The Hall–Kier alpha value is -0.860. The predicted molar refractivity (Wildman–Crippen MR) is 52.7 cm³/mol. The highest BCUT2D eigenvalue weighted by molar-refractivity contribution is 5.99. The van der Waals surface area contributed by atoms with Crippen LogP contribution in [0.3, 0.4) is 0 Å². The van der Waals surface area contributed by atoms with Crippen molar-refractivity contribution in [1.29, 1.82) is 0 Å². The van der Waals surface area contributed by atoms with Crippen molar-refractivity contribution in [1.82, 2.24) is 5.32 Å². The summed E-state index contributed by atoms with van der Waals surface area (Å²) < 4.78 is 0. The summed E-state index contributed by atoms with van der Waals surface area (Å²) in [6.07, 6.45) is 2.75. The van der Waals surface area contributed by atoms with E-state index in [0.717, 1.165) is 19.3 Å². The van der Waals surface area contributed by atoms with Crippen molar-refractivity contribution >= 4 is 11.7 Å². The van der Waals surface area contributed by atoms with Crippen LogP contribution in [0.25, 0.3) is 0 Å². The summed E-state index contributed by atoms with van der Waals surface area (Å²) in [6.45, 7) is 5.49. The van der Waals surface area contributed by atoms with Gasteiger partial charge in [-0.3, -0.25) is 9.59 Å². The van der Waals surface area contributed by atoms with Crippen LogP contribution in [0.15, 0.2) is 0 Å².